The minimum Gasteiger partial charge on any atom is -0.396 e. The number of aryl methyl sites for hydroxylation is 2. The highest BCUT2D eigenvalue weighted by molar-refractivity contribution is 9.10. The van der Waals surface area contributed by atoms with Crippen LogP contribution in [-0.2, 0) is 16.4 Å². The van der Waals surface area contributed by atoms with Gasteiger partial charge in [-0.05, 0) is 49.2 Å². The van der Waals surface area contributed by atoms with Crippen LogP contribution in [0.2, 0.25) is 0 Å². The number of hydrogen-bond acceptors (Lipinski definition) is 4. The summed E-state index contributed by atoms with van der Waals surface area (Å²) in [5.74, 6) is 0. The van der Waals surface area contributed by atoms with E-state index in [1.54, 1.807) is 24.3 Å². The second-order valence-electron chi connectivity index (χ2n) is 4.72. The molecule has 0 aliphatic rings. The standard InChI is InChI=1S/C14H16BrNO3S2/c1-9-7-11(8-10(2)14(9)15)16-21(18,19)13-4-3-12(20-13)5-6-17/h3-4,7-8,16-17H,5-6H2,1-2H3. The monoisotopic (exact) mass is 389 g/mol. The third kappa shape index (κ3) is 3.85. The SMILES string of the molecule is Cc1cc(NS(=O)(=O)c2ccc(CCO)s2)cc(C)c1Br. The number of anilines is 1. The molecule has 0 amide bonds. The molecule has 0 atom stereocenters. The predicted molar refractivity (Wildman–Crippen MR) is 89.5 cm³/mol. The molecule has 0 saturated heterocycles. The number of aliphatic hydroxyl groups excluding tert-OH is 1. The molecule has 7 heteroatoms. The number of benzene rings is 1. The zero-order chi connectivity index (χ0) is 15.6. The Kier molecular flexibility index (Phi) is 5.08. The van der Waals surface area contributed by atoms with Gasteiger partial charge in [0.25, 0.3) is 10.0 Å². The van der Waals surface area contributed by atoms with E-state index in [2.05, 4.69) is 20.7 Å². The van der Waals surface area contributed by atoms with Crippen LogP contribution in [0.1, 0.15) is 16.0 Å². The molecule has 0 aliphatic carbocycles. The second-order valence-corrected chi connectivity index (χ2v) is 8.59. The fraction of sp³-hybridized carbons (Fsp3) is 0.286. The van der Waals surface area contributed by atoms with Gasteiger partial charge in [-0.2, -0.15) is 0 Å². The Bertz CT molecular complexity index is 730. The van der Waals surface area contributed by atoms with Crippen LogP contribution in [0.25, 0.3) is 0 Å². The van der Waals surface area contributed by atoms with Gasteiger partial charge < -0.3 is 5.11 Å². The van der Waals surface area contributed by atoms with Crippen molar-refractivity contribution in [3.8, 4) is 0 Å². The van der Waals surface area contributed by atoms with Gasteiger partial charge in [0.15, 0.2) is 0 Å². The van der Waals surface area contributed by atoms with Crippen LogP contribution in [0.5, 0.6) is 0 Å². The molecule has 0 spiro atoms. The van der Waals surface area contributed by atoms with E-state index < -0.39 is 10.0 Å². The van der Waals surface area contributed by atoms with Crippen LogP contribution >= 0.6 is 27.3 Å². The van der Waals surface area contributed by atoms with Gasteiger partial charge in [-0.3, -0.25) is 4.72 Å². The first-order chi connectivity index (χ1) is 9.83. The fourth-order valence-corrected chi connectivity index (χ4v) is 4.57. The van der Waals surface area contributed by atoms with Crippen molar-refractivity contribution in [1.29, 1.82) is 0 Å². The molecule has 114 valence electrons. The molecular weight excluding hydrogens is 374 g/mol. The maximum Gasteiger partial charge on any atom is 0.271 e. The van der Waals surface area contributed by atoms with Gasteiger partial charge in [0.05, 0.1) is 0 Å². The van der Waals surface area contributed by atoms with Gasteiger partial charge in [-0.25, -0.2) is 8.42 Å². The van der Waals surface area contributed by atoms with Crippen molar-refractivity contribution in [3.63, 3.8) is 0 Å². The van der Waals surface area contributed by atoms with Crippen LogP contribution in [0.4, 0.5) is 5.69 Å². The zero-order valence-electron chi connectivity index (χ0n) is 11.7. The summed E-state index contributed by atoms with van der Waals surface area (Å²) in [6.07, 6.45) is 0.469. The topological polar surface area (TPSA) is 66.4 Å². The summed E-state index contributed by atoms with van der Waals surface area (Å²) in [4.78, 5) is 0.848. The summed E-state index contributed by atoms with van der Waals surface area (Å²) in [6, 6.07) is 6.87. The molecule has 2 aromatic rings. The quantitative estimate of drug-likeness (QED) is 0.822. The molecule has 1 aromatic carbocycles. The van der Waals surface area contributed by atoms with Crippen molar-refractivity contribution < 1.29 is 13.5 Å². The van der Waals surface area contributed by atoms with Crippen molar-refractivity contribution in [1.82, 2.24) is 0 Å². The average Bonchev–Trinajstić information content (AvgIpc) is 2.85. The smallest absolute Gasteiger partial charge is 0.271 e. The predicted octanol–water partition coefficient (Wildman–Crippen LogP) is 3.46. The fourth-order valence-electron chi connectivity index (χ4n) is 1.96. The Labute approximate surface area is 137 Å². The Hall–Kier alpha value is -0.890. The van der Waals surface area contributed by atoms with E-state index in [1.165, 1.54) is 11.3 Å². The Morgan fingerprint density at radius 1 is 1.24 bits per heavy atom. The summed E-state index contributed by atoms with van der Waals surface area (Å²) < 4.78 is 28.5. The largest absolute Gasteiger partial charge is 0.396 e. The number of thiophene rings is 1. The molecule has 1 heterocycles. The molecule has 1 aromatic heterocycles. The molecule has 0 fully saturated rings. The first-order valence-corrected chi connectivity index (χ1v) is 9.42. The Balaban J connectivity index is 2.28. The van der Waals surface area contributed by atoms with Gasteiger partial charge >= 0.3 is 0 Å². The van der Waals surface area contributed by atoms with Crippen molar-refractivity contribution >= 4 is 43.0 Å². The summed E-state index contributed by atoms with van der Waals surface area (Å²) in [7, 11) is -3.59. The van der Waals surface area contributed by atoms with Gasteiger partial charge in [-0.1, -0.05) is 15.9 Å². The van der Waals surface area contributed by atoms with Crippen molar-refractivity contribution in [2.75, 3.05) is 11.3 Å². The third-order valence-corrected chi connectivity index (χ3v) is 7.22. The van der Waals surface area contributed by atoms with Crippen LogP contribution in [0.3, 0.4) is 0 Å². The van der Waals surface area contributed by atoms with Gasteiger partial charge in [0.2, 0.25) is 0 Å². The molecule has 2 rings (SSSR count). The van der Waals surface area contributed by atoms with Crippen molar-refractivity contribution in [3.05, 3.63) is 44.7 Å². The molecule has 0 radical (unpaired) electrons. The highest BCUT2D eigenvalue weighted by Gasteiger charge is 2.17. The summed E-state index contributed by atoms with van der Waals surface area (Å²) in [5.41, 5.74) is 2.49. The lowest BCUT2D eigenvalue weighted by Crippen LogP contribution is -2.11. The lowest BCUT2D eigenvalue weighted by Gasteiger charge is -2.10. The molecule has 4 nitrogen and oxygen atoms in total. The number of rotatable bonds is 5. The number of hydrogen-bond donors (Lipinski definition) is 2. The van der Waals surface area contributed by atoms with E-state index in [-0.39, 0.29) is 10.8 Å². The minimum atomic E-state index is -3.59. The third-order valence-electron chi connectivity index (χ3n) is 2.95. The summed E-state index contributed by atoms with van der Waals surface area (Å²) in [5, 5.41) is 8.89. The number of sulfonamides is 1. The van der Waals surface area contributed by atoms with Crippen LogP contribution in [0.15, 0.2) is 32.9 Å². The number of nitrogens with one attached hydrogen (secondary N) is 1. The Morgan fingerprint density at radius 3 is 2.43 bits per heavy atom. The van der Waals surface area contributed by atoms with Crippen molar-refractivity contribution in [2.45, 2.75) is 24.5 Å². The summed E-state index contributed by atoms with van der Waals surface area (Å²) >= 11 is 4.64. The second kappa shape index (κ2) is 6.48. The first kappa shape index (κ1) is 16.5. The van der Waals surface area contributed by atoms with E-state index >= 15 is 0 Å². The molecule has 0 saturated carbocycles. The van der Waals surface area contributed by atoms with Gasteiger partial charge in [-0.15, -0.1) is 11.3 Å². The molecule has 0 bridgehead atoms. The van der Waals surface area contributed by atoms with Gasteiger partial charge in [0.1, 0.15) is 4.21 Å². The molecule has 0 unspecified atom stereocenters. The van der Waals surface area contributed by atoms with E-state index in [9.17, 15) is 8.42 Å². The van der Waals surface area contributed by atoms with E-state index in [1.807, 2.05) is 13.8 Å². The van der Waals surface area contributed by atoms with E-state index in [0.29, 0.717) is 12.1 Å². The average molecular weight is 390 g/mol. The highest BCUT2D eigenvalue weighted by atomic mass is 79.9. The lowest BCUT2D eigenvalue weighted by molar-refractivity contribution is 0.300. The summed E-state index contributed by atoms with van der Waals surface area (Å²) in [6.45, 7) is 3.84. The zero-order valence-corrected chi connectivity index (χ0v) is 14.9. The van der Waals surface area contributed by atoms with Crippen LogP contribution < -0.4 is 4.72 Å². The Morgan fingerprint density at radius 2 is 1.86 bits per heavy atom. The van der Waals surface area contributed by atoms with E-state index in [4.69, 9.17) is 5.11 Å². The van der Waals surface area contributed by atoms with Crippen LogP contribution in [-0.4, -0.2) is 20.1 Å². The maximum atomic E-state index is 12.4. The van der Waals surface area contributed by atoms with Crippen molar-refractivity contribution in [2.24, 2.45) is 0 Å². The molecule has 2 N–H and O–H groups in total. The lowest BCUT2D eigenvalue weighted by atomic mass is 10.1. The number of halogens is 1. The van der Waals surface area contributed by atoms with Crippen LogP contribution in [0, 0.1) is 13.8 Å². The normalized spacial score (nSPS) is 11.6. The van der Waals surface area contributed by atoms with E-state index in [0.717, 1.165) is 20.5 Å². The minimum absolute atomic E-state index is 0.0124. The van der Waals surface area contributed by atoms with Gasteiger partial charge in [0, 0.05) is 28.1 Å². The molecule has 21 heavy (non-hydrogen) atoms. The molecular formula is C14H16BrNO3S2. The number of aliphatic hydroxyl groups is 1. The maximum absolute atomic E-state index is 12.4. The molecule has 0 aliphatic heterocycles. The first-order valence-electron chi connectivity index (χ1n) is 6.32. The highest BCUT2D eigenvalue weighted by Crippen LogP contribution is 2.28.